The molecule has 0 N–H and O–H groups in total. The fourth-order valence-electron chi connectivity index (χ4n) is 8.83. The Hall–Kier alpha value is -7.63. The van der Waals surface area contributed by atoms with Crippen LogP contribution < -0.4 is 4.90 Å². The highest BCUT2D eigenvalue weighted by Crippen LogP contribution is 2.47. The summed E-state index contributed by atoms with van der Waals surface area (Å²) in [6, 6.07) is 61.5. The molecule has 0 aliphatic heterocycles. The van der Waals surface area contributed by atoms with E-state index in [9.17, 15) is 4.39 Å². The summed E-state index contributed by atoms with van der Waals surface area (Å²) in [7, 11) is 0. The molecular formula is C52H30FNO3. The average Bonchev–Trinajstić information content (AvgIpc) is 3.95. The third-order valence-corrected chi connectivity index (χ3v) is 11.3. The maximum Gasteiger partial charge on any atom is 0.143 e. The molecule has 0 aliphatic carbocycles. The van der Waals surface area contributed by atoms with Crippen LogP contribution in [0.5, 0.6) is 0 Å². The topological polar surface area (TPSA) is 42.7 Å². The zero-order valence-corrected chi connectivity index (χ0v) is 30.4. The van der Waals surface area contributed by atoms with Gasteiger partial charge in [0.2, 0.25) is 0 Å². The molecular weight excluding hydrogens is 706 g/mol. The molecule has 0 radical (unpaired) electrons. The highest BCUT2D eigenvalue weighted by molar-refractivity contribution is 6.19. The van der Waals surface area contributed by atoms with Gasteiger partial charge in [0.25, 0.3) is 0 Å². The van der Waals surface area contributed by atoms with Gasteiger partial charge in [-0.25, -0.2) is 4.39 Å². The summed E-state index contributed by atoms with van der Waals surface area (Å²) in [5.41, 5.74) is 11.5. The summed E-state index contributed by atoms with van der Waals surface area (Å²) in [6.45, 7) is 0. The van der Waals surface area contributed by atoms with Gasteiger partial charge in [0.05, 0.1) is 16.8 Å². The van der Waals surface area contributed by atoms with E-state index in [1.54, 1.807) is 6.07 Å². The first-order valence-electron chi connectivity index (χ1n) is 19.0. The van der Waals surface area contributed by atoms with Crippen molar-refractivity contribution in [2.24, 2.45) is 0 Å². The molecule has 0 amide bonds. The molecule has 0 saturated carbocycles. The van der Waals surface area contributed by atoms with Crippen LogP contribution in [0.15, 0.2) is 195 Å². The Labute approximate surface area is 325 Å². The maximum atomic E-state index is 14.2. The smallest absolute Gasteiger partial charge is 0.143 e. The van der Waals surface area contributed by atoms with Gasteiger partial charge in [0.15, 0.2) is 0 Å². The molecule has 5 heteroatoms. The molecule has 57 heavy (non-hydrogen) atoms. The zero-order valence-electron chi connectivity index (χ0n) is 30.4. The second kappa shape index (κ2) is 12.2. The lowest BCUT2D eigenvalue weighted by atomic mass is 9.97. The van der Waals surface area contributed by atoms with E-state index < -0.39 is 0 Å². The zero-order chi connectivity index (χ0) is 37.6. The van der Waals surface area contributed by atoms with Gasteiger partial charge in [0.1, 0.15) is 39.3 Å². The maximum absolute atomic E-state index is 14.2. The lowest BCUT2D eigenvalue weighted by Crippen LogP contribution is -2.10. The first-order valence-corrected chi connectivity index (χ1v) is 19.0. The number of anilines is 3. The van der Waals surface area contributed by atoms with E-state index in [-0.39, 0.29) is 5.82 Å². The van der Waals surface area contributed by atoms with Crippen molar-refractivity contribution in [3.05, 3.63) is 188 Å². The van der Waals surface area contributed by atoms with Gasteiger partial charge in [-0.2, -0.15) is 0 Å². The summed E-state index contributed by atoms with van der Waals surface area (Å²) in [5.74, 6) is -0.328. The van der Waals surface area contributed by atoms with Crippen molar-refractivity contribution in [3.63, 3.8) is 0 Å². The minimum atomic E-state index is -0.328. The number of nitrogens with zero attached hydrogens (tertiary/aromatic N) is 1. The number of rotatable bonds is 5. The van der Waals surface area contributed by atoms with E-state index in [4.69, 9.17) is 13.3 Å². The minimum absolute atomic E-state index is 0.328. The molecule has 9 aromatic carbocycles. The van der Waals surface area contributed by atoms with E-state index in [2.05, 4.69) is 150 Å². The van der Waals surface area contributed by atoms with Crippen LogP contribution >= 0.6 is 0 Å². The van der Waals surface area contributed by atoms with Crippen LogP contribution in [0.25, 0.3) is 98.8 Å². The third-order valence-electron chi connectivity index (χ3n) is 11.3. The van der Waals surface area contributed by atoms with Crippen molar-refractivity contribution < 1.29 is 17.6 Å². The van der Waals surface area contributed by atoms with Crippen LogP contribution in [-0.2, 0) is 0 Å². The van der Waals surface area contributed by atoms with E-state index in [1.165, 1.54) is 17.5 Å². The first-order chi connectivity index (χ1) is 28.2. The Morgan fingerprint density at radius 1 is 0.368 bits per heavy atom. The predicted molar refractivity (Wildman–Crippen MR) is 231 cm³/mol. The third kappa shape index (κ3) is 4.79. The monoisotopic (exact) mass is 735 g/mol. The first kappa shape index (κ1) is 31.7. The molecule has 3 aromatic heterocycles. The van der Waals surface area contributed by atoms with Crippen molar-refractivity contribution in [2.75, 3.05) is 4.90 Å². The molecule has 0 fully saturated rings. The largest absolute Gasteiger partial charge is 0.456 e. The molecule has 4 nitrogen and oxygen atoms in total. The van der Waals surface area contributed by atoms with Gasteiger partial charge in [-0.1, -0.05) is 115 Å². The number of hydrogen-bond donors (Lipinski definition) is 0. The van der Waals surface area contributed by atoms with Crippen LogP contribution in [-0.4, -0.2) is 0 Å². The fourth-order valence-corrected chi connectivity index (χ4v) is 8.83. The number of furan rings is 3. The van der Waals surface area contributed by atoms with Crippen LogP contribution in [0.2, 0.25) is 0 Å². The second-order valence-corrected chi connectivity index (χ2v) is 14.5. The molecule has 3 heterocycles. The Kier molecular flexibility index (Phi) is 6.78. The highest BCUT2D eigenvalue weighted by Gasteiger charge is 2.23. The molecule has 0 saturated heterocycles. The van der Waals surface area contributed by atoms with Crippen molar-refractivity contribution in [1.82, 2.24) is 0 Å². The van der Waals surface area contributed by atoms with E-state index in [0.29, 0.717) is 11.2 Å². The number of benzene rings is 9. The number of para-hydroxylation sites is 3. The van der Waals surface area contributed by atoms with Crippen molar-refractivity contribution in [1.29, 1.82) is 0 Å². The van der Waals surface area contributed by atoms with Crippen molar-refractivity contribution in [3.8, 4) is 22.3 Å². The summed E-state index contributed by atoms with van der Waals surface area (Å²) in [6.07, 6.45) is 0. The molecule has 12 aromatic rings. The van der Waals surface area contributed by atoms with Crippen LogP contribution in [0.1, 0.15) is 0 Å². The number of halogens is 1. The minimum Gasteiger partial charge on any atom is -0.456 e. The Bertz CT molecular complexity index is 3550. The van der Waals surface area contributed by atoms with Gasteiger partial charge in [-0.05, 0) is 77.2 Å². The number of hydrogen-bond acceptors (Lipinski definition) is 4. The lowest BCUT2D eigenvalue weighted by molar-refractivity contribution is 0.618. The van der Waals surface area contributed by atoms with Gasteiger partial charge in [-0.3, -0.25) is 0 Å². The molecule has 12 rings (SSSR count). The highest BCUT2D eigenvalue weighted by atomic mass is 19.1. The van der Waals surface area contributed by atoms with Gasteiger partial charge < -0.3 is 18.2 Å². The van der Waals surface area contributed by atoms with E-state index in [0.717, 1.165) is 99.4 Å². The van der Waals surface area contributed by atoms with Crippen LogP contribution in [0.4, 0.5) is 21.5 Å². The van der Waals surface area contributed by atoms with Gasteiger partial charge in [-0.15, -0.1) is 0 Å². The molecule has 0 aliphatic rings. The van der Waals surface area contributed by atoms with E-state index in [1.807, 2.05) is 18.2 Å². The Morgan fingerprint density at radius 3 is 1.89 bits per heavy atom. The summed E-state index contributed by atoms with van der Waals surface area (Å²) in [5, 5.41) is 8.23. The Morgan fingerprint density at radius 2 is 1.02 bits per heavy atom. The molecule has 0 atom stereocenters. The summed E-state index contributed by atoms with van der Waals surface area (Å²) < 4.78 is 33.9. The predicted octanol–water partition coefficient (Wildman–Crippen LogP) is 15.5. The standard InChI is InChI=1S/C52H30FNO3/c53-33-26-27-41-48(30-33)56-46-23-9-17-37(49(41)46)38-18-8-20-40-39-19-7-16-36(51(39)57-52(38)40)32-25-28-45-42(29-32)50-44(22-10-24-47(50)55-45)54(34-13-2-1-3-14-34)43-21-6-12-31-11-4-5-15-35(31)43/h1-30H. The second-order valence-electron chi connectivity index (χ2n) is 14.5. The van der Waals surface area contributed by atoms with Gasteiger partial charge in [0, 0.05) is 55.2 Å². The molecule has 0 unspecified atom stereocenters. The normalized spacial score (nSPS) is 11.9. The van der Waals surface area contributed by atoms with Crippen molar-refractivity contribution >= 4 is 93.7 Å². The quantitative estimate of drug-likeness (QED) is 0.176. The summed E-state index contributed by atoms with van der Waals surface area (Å²) in [4.78, 5) is 2.34. The lowest BCUT2D eigenvalue weighted by Gasteiger charge is -2.27. The average molecular weight is 736 g/mol. The Balaban J connectivity index is 1.07. The SMILES string of the molecule is Fc1ccc2c(c1)oc1cccc(-c3cccc4c3oc3c(-c5ccc6oc7cccc(N(c8ccccc8)c8cccc9ccccc89)c7c6c5)cccc34)c12. The molecule has 0 bridgehead atoms. The summed E-state index contributed by atoms with van der Waals surface area (Å²) >= 11 is 0. The number of fused-ring (bicyclic) bond motifs is 10. The van der Waals surface area contributed by atoms with Crippen LogP contribution in [0.3, 0.4) is 0 Å². The fraction of sp³-hybridized carbons (Fsp3) is 0. The molecule has 268 valence electrons. The molecule has 0 spiro atoms. The van der Waals surface area contributed by atoms with E-state index >= 15 is 0 Å². The van der Waals surface area contributed by atoms with Crippen molar-refractivity contribution in [2.45, 2.75) is 0 Å². The van der Waals surface area contributed by atoms with Gasteiger partial charge >= 0.3 is 0 Å². The van der Waals surface area contributed by atoms with Crippen LogP contribution in [0, 0.1) is 5.82 Å².